The molecule has 0 atom stereocenters. The fraction of sp³-hybridized carbons (Fsp3) is 0.227. The van der Waals surface area contributed by atoms with Gasteiger partial charge in [0.2, 0.25) is 0 Å². The molecule has 0 N–H and O–H groups in total. The van der Waals surface area contributed by atoms with Crippen molar-refractivity contribution < 1.29 is 4.79 Å². The normalized spacial score (nSPS) is 13.9. The fourth-order valence-electron chi connectivity index (χ4n) is 3.34. The number of anilines is 1. The molecule has 1 aliphatic heterocycles. The van der Waals surface area contributed by atoms with Gasteiger partial charge in [-0.3, -0.25) is 4.79 Å². The van der Waals surface area contributed by atoms with E-state index in [2.05, 4.69) is 33.5 Å². The van der Waals surface area contributed by atoms with Gasteiger partial charge in [0.05, 0.1) is 11.1 Å². The molecular formula is C22H20N4OS2. The van der Waals surface area contributed by atoms with Gasteiger partial charge in [0.15, 0.2) is 0 Å². The predicted octanol–water partition coefficient (Wildman–Crippen LogP) is 4.27. The van der Waals surface area contributed by atoms with Crippen LogP contribution in [0.4, 0.5) is 5.82 Å². The second-order valence-electron chi connectivity index (χ2n) is 6.63. The highest BCUT2D eigenvalue weighted by Gasteiger charge is 2.25. The largest absolute Gasteiger partial charge is 0.352 e. The van der Waals surface area contributed by atoms with Crippen LogP contribution in [0.15, 0.2) is 65.0 Å². The van der Waals surface area contributed by atoms with E-state index < -0.39 is 0 Å². The number of thioether (sulfide) groups is 1. The number of nitrogens with zero attached hydrogens (tertiary/aromatic N) is 4. The minimum Gasteiger partial charge on any atom is -0.352 e. The number of nitriles is 1. The molecule has 4 rings (SSSR count). The van der Waals surface area contributed by atoms with Crippen LogP contribution in [0.5, 0.6) is 0 Å². The Morgan fingerprint density at radius 3 is 2.69 bits per heavy atom. The van der Waals surface area contributed by atoms with E-state index in [1.54, 1.807) is 41.4 Å². The number of hydrogen-bond donors (Lipinski definition) is 0. The molecule has 5 nitrogen and oxygen atoms in total. The van der Waals surface area contributed by atoms with Gasteiger partial charge in [-0.2, -0.15) is 5.26 Å². The summed E-state index contributed by atoms with van der Waals surface area (Å²) in [5.41, 5.74) is 1.33. The fourth-order valence-corrected chi connectivity index (χ4v) is 5.16. The topological polar surface area (TPSA) is 60.2 Å². The second kappa shape index (κ2) is 9.12. The van der Waals surface area contributed by atoms with Crippen molar-refractivity contribution in [2.45, 2.75) is 10.6 Å². The second-order valence-corrected chi connectivity index (χ2v) is 8.68. The molecular weight excluding hydrogens is 400 g/mol. The molecule has 1 aromatic carbocycles. The van der Waals surface area contributed by atoms with Crippen molar-refractivity contribution in [1.82, 2.24) is 9.88 Å². The molecule has 29 heavy (non-hydrogen) atoms. The molecule has 0 radical (unpaired) electrons. The van der Waals surface area contributed by atoms with E-state index in [0.717, 1.165) is 16.2 Å². The molecule has 0 aliphatic carbocycles. The van der Waals surface area contributed by atoms with E-state index in [1.807, 2.05) is 29.2 Å². The third-order valence-corrected chi connectivity index (χ3v) is 7.02. The SMILES string of the molecule is N#Cc1cccnc1N1CCN(C(=O)c2ccccc2SCc2cccs2)CC1. The van der Waals surface area contributed by atoms with Crippen LogP contribution in [0.25, 0.3) is 0 Å². The maximum absolute atomic E-state index is 13.2. The van der Waals surface area contributed by atoms with E-state index in [1.165, 1.54) is 4.88 Å². The highest BCUT2D eigenvalue weighted by Crippen LogP contribution is 2.29. The maximum atomic E-state index is 13.2. The lowest BCUT2D eigenvalue weighted by molar-refractivity contribution is 0.0743. The standard InChI is InChI=1S/C22H20N4OS2/c23-15-17-5-3-9-24-21(17)25-10-12-26(13-11-25)22(27)19-7-1-2-8-20(19)29-16-18-6-4-14-28-18/h1-9,14H,10-13,16H2. The molecule has 3 heterocycles. The number of amides is 1. The van der Waals surface area contributed by atoms with Crippen molar-refractivity contribution >= 4 is 34.8 Å². The predicted molar refractivity (Wildman–Crippen MR) is 117 cm³/mol. The molecule has 0 saturated carbocycles. The summed E-state index contributed by atoms with van der Waals surface area (Å²) in [5.74, 6) is 1.64. The van der Waals surface area contributed by atoms with Gasteiger partial charge in [0.25, 0.3) is 5.91 Å². The number of rotatable bonds is 5. The first-order valence-corrected chi connectivity index (χ1v) is 11.3. The van der Waals surface area contributed by atoms with Crippen molar-refractivity contribution in [3.8, 4) is 6.07 Å². The van der Waals surface area contributed by atoms with Crippen LogP contribution in [0.2, 0.25) is 0 Å². The van der Waals surface area contributed by atoms with Gasteiger partial charge < -0.3 is 9.80 Å². The Morgan fingerprint density at radius 2 is 1.93 bits per heavy atom. The van der Waals surface area contributed by atoms with Crippen molar-refractivity contribution in [1.29, 1.82) is 5.26 Å². The smallest absolute Gasteiger partial charge is 0.255 e. The quantitative estimate of drug-likeness (QED) is 0.577. The van der Waals surface area contributed by atoms with Gasteiger partial charge in [-0.15, -0.1) is 23.1 Å². The van der Waals surface area contributed by atoms with Gasteiger partial charge in [0, 0.05) is 47.9 Å². The minimum absolute atomic E-state index is 0.0699. The van der Waals surface area contributed by atoms with Gasteiger partial charge in [0.1, 0.15) is 11.9 Å². The number of thiophene rings is 1. The van der Waals surface area contributed by atoms with Crippen molar-refractivity contribution in [2.24, 2.45) is 0 Å². The third kappa shape index (κ3) is 4.44. The zero-order valence-corrected chi connectivity index (χ0v) is 17.5. The number of carbonyl (C=O) groups excluding carboxylic acids is 1. The molecule has 0 spiro atoms. The number of benzene rings is 1. The van der Waals surface area contributed by atoms with E-state index in [-0.39, 0.29) is 5.91 Å². The summed E-state index contributed by atoms with van der Waals surface area (Å²) in [5, 5.41) is 11.4. The van der Waals surface area contributed by atoms with Crippen LogP contribution in [-0.4, -0.2) is 42.0 Å². The third-order valence-electron chi connectivity index (χ3n) is 4.84. The van der Waals surface area contributed by atoms with Crippen molar-refractivity contribution in [3.05, 3.63) is 76.1 Å². The monoisotopic (exact) mass is 420 g/mol. The summed E-state index contributed by atoms with van der Waals surface area (Å²) in [6.07, 6.45) is 1.70. The van der Waals surface area contributed by atoms with Crippen LogP contribution in [0, 0.1) is 11.3 Å². The maximum Gasteiger partial charge on any atom is 0.255 e. The van der Waals surface area contributed by atoms with Crippen molar-refractivity contribution in [3.63, 3.8) is 0 Å². The van der Waals surface area contributed by atoms with Crippen LogP contribution in [-0.2, 0) is 5.75 Å². The first kappa shape index (κ1) is 19.5. The summed E-state index contributed by atoms with van der Waals surface area (Å²) in [7, 11) is 0. The number of aromatic nitrogens is 1. The molecule has 0 unspecified atom stereocenters. The molecule has 1 fully saturated rings. The first-order valence-electron chi connectivity index (χ1n) is 9.40. The molecule has 1 aliphatic rings. The first-order chi connectivity index (χ1) is 14.3. The van der Waals surface area contributed by atoms with Gasteiger partial charge in [-0.05, 0) is 35.7 Å². The summed E-state index contributed by atoms with van der Waals surface area (Å²) in [6, 6.07) is 17.8. The Balaban J connectivity index is 1.43. The summed E-state index contributed by atoms with van der Waals surface area (Å²) < 4.78 is 0. The molecule has 0 bridgehead atoms. The zero-order valence-electron chi connectivity index (χ0n) is 15.8. The van der Waals surface area contributed by atoms with Crippen LogP contribution < -0.4 is 4.90 Å². The van der Waals surface area contributed by atoms with Crippen molar-refractivity contribution in [2.75, 3.05) is 31.1 Å². The lowest BCUT2D eigenvalue weighted by Gasteiger charge is -2.36. The molecule has 7 heteroatoms. The Labute approximate surface area is 178 Å². The van der Waals surface area contributed by atoms with Gasteiger partial charge in [-0.1, -0.05) is 18.2 Å². The lowest BCUT2D eigenvalue weighted by Crippen LogP contribution is -2.49. The number of piperazine rings is 1. The molecule has 1 amide bonds. The van der Waals surface area contributed by atoms with Gasteiger partial charge >= 0.3 is 0 Å². The summed E-state index contributed by atoms with van der Waals surface area (Å²) in [4.78, 5) is 23.8. The van der Waals surface area contributed by atoms with E-state index in [9.17, 15) is 10.1 Å². The lowest BCUT2D eigenvalue weighted by atomic mass is 10.1. The highest BCUT2D eigenvalue weighted by molar-refractivity contribution is 7.98. The molecule has 1 saturated heterocycles. The Kier molecular flexibility index (Phi) is 6.13. The van der Waals surface area contributed by atoms with Crippen LogP contribution >= 0.6 is 23.1 Å². The average Bonchev–Trinajstić information content (AvgIpc) is 3.31. The van der Waals surface area contributed by atoms with Crippen LogP contribution in [0.1, 0.15) is 20.8 Å². The zero-order chi connectivity index (χ0) is 20.1. The number of carbonyl (C=O) groups is 1. The number of pyridine rings is 1. The molecule has 146 valence electrons. The van der Waals surface area contributed by atoms with E-state index in [0.29, 0.717) is 37.6 Å². The summed E-state index contributed by atoms with van der Waals surface area (Å²) in [6.45, 7) is 2.57. The minimum atomic E-state index is 0.0699. The molecule has 2 aromatic heterocycles. The molecule has 3 aromatic rings. The Bertz CT molecular complexity index is 1020. The summed E-state index contributed by atoms with van der Waals surface area (Å²) >= 11 is 3.44. The highest BCUT2D eigenvalue weighted by atomic mass is 32.2. The van der Waals surface area contributed by atoms with Crippen LogP contribution in [0.3, 0.4) is 0 Å². The van der Waals surface area contributed by atoms with E-state index in [4.69, 9.17) is 0 Å². The average molecular weight is 421 g/mol. The Hall–Kier alpha value is -2.82. The number of hydrogen-bond acceptors (Lipinski definition) is 6. The van der Waals surface area contributed by atoms with Gasteiger partial charge in [-0.25, -0.2) is 4.98 Å². The van der Waals surface area contributed by atoms with E-state index >= 15 is 0 Å². The Morgan fingerprint density at radius 1 is 1.10 bits per heavy atom.